The van der Waals surface area contributed by atoms with Crippen molar-refractivity contribution in [2.24, 2.45) is 0 Å². The number of benzene rings is 1. The third-order valence-electron chi connectivity index (χ3n) is 2.24. The molecule has 88 valence electrons. The minimum atomic E-state index is -3.64. The number of nitrogens with two attached hydrogens (primary N) is 1. The van der Waals surface area contributed by atoms with Gasteiger partial charge in [-0.3, -0.25) is 4.84 Å². The van der Waals surface area contributed by atoms with Crippen LogP contribution in [0.25, 0.3) is 0 Å². The van der Waals surface area contributed by atoms with Crippen molar-refractivity contribution in [2.45, 2.75) is 11.3 Å². The fraction of sp³-hybridized carbons (Fsp3) is 0.333. The second-order valence-corrected chi connectivity index (χ2v) is 6.11. The van der Waals surface area contributed by atoms with E-state index in [2.05, 4.69) is 15.9 Å². The van der Waals surface area contributed by atoms with Crippen molar-refractivity contribution in [3.63, 3.8) is 0 Å². The van der Waals surface area contributed by atoms with Gasteiger partial charge in [-0.15, -0.1) is 0 Å². The lowest BCUT2D eigenvalue weighted by atomic mass is 10.3. The molecular formula is C9H11BrN2O3S. The second kappa shape index (κ2) is 4.33. The molecule has 7 heteroatoms. The summed E-state index contributed by atoms with van der Waals surface area (Å²) in [5.41, 5.74) is 5.88. The average Bonchev–Trinajstić information content (AvgIpc) is 2.75. The van der Waals surface area contributed by atoms with Crippen LogP contribution in [0.1, 0.15) is 6.42 Å². The van der Waals surface area contributed by atoms with Crippen molar-refractivity contribution >= 4 is 31.6 Å². The van der Waals surface area contributed by atoms with Gasteiger partial charge in [0.05, 0.1) is 12.3 Å². The molecule has 5 nitrogen and oxygen atoms in total. The molecule has 1 aliphatic heterocycles. The summed E-state index contributed by atoms with van der Waals surface area (Å²) >= 11 is 3.22. The molecule has 1 saturated heterocycles. The van der Waals surface area contributed by atoms with Gasteiger partial charge >= 0.3 is 0 Å². The molecule has 0 spiro atoms. The van der Waals surface area contributed by atoms with E-state index in [0.717, 1.165) is 4.47 Å². The van der Waals surface area contributed by atoms with Crippen LogP contribution in [0.3, 0.4) is 0 Å². The highest BCUT2D eigenvalue weighted by atomic mass is 79.9. The summed E-state index contributed by atoms with van der Waals surface area (Å²) in [7, 11) is -3.64. The van der Waals surface area contributed by atoms with Crippen molar-refractivity contribution in [3.8, 4) is 0 Å². The molecule has 0 unspecified atom stereocenters. The van der Waals surface area contributed by atoms with Gasteiger partial charge in [0.25, 0.3) is 10.0 Å². The van der Waals surface area contributed by atoms with Gasteiger partial charge in [-0.1, -0.05) is 20.4 Å². The Morgan fingerprint density at radius 2 is 2.19 bits per heavy atom. The summed E-state index contributed by atoms with van der Waals surface area (Å²) < 4.78 is 25.9. The van der Waals surface area contributed by atoms with Gasteiger partial charge < -0.3 is 5.73 Å². The van der Waals surface area contributed by atoms with Crippen molar-refractivity contribution in [3.05, 3.63) is 22.7 Å². The number of hydroxylamine groups is 1. The molecule has 1 aromatic rings. The first kappa shape index (κ1) is 11.8. The number of nitrogens with zero attached hydrogens (tertiary/aromatic N) is 1. The summed E-state index contributed by atoms with van der Waals surface area (Å²) in [6.07, 6.45) is 0.702. The standard InChI is InChI=1S/C9H11BrN2O3S/c10-7-2-3-8(11)9(6-7)16(13,14)12-4-1-5-15-12/h2-3,6H,1,4-5,11H2. The Morgan fingerprint density at radius 1 is 1.44 bits per heavy atom. The topological polar surface area (TPSA) is 72.6 Å². The number of halogens is 1. The average molecular weight is 307 g/mol. The van der Waals surface area contributed by atoms with Crippen LogP contribution in [-0.4, -0.2) is 26.0 Å². The number of rotatable bonds is 2. The van der Waals surface area contributed by atoms with Crippen LogP contribution in [0.5, 0.6) is 0 Å². The third kappa shape index (κ3) is 2.08. The highest BCUT2D eigenvalue weighted by molar-refractivity contribution is 9.10. The van der Waals surface area contributed by atoms with Crippen LogP contribution >= 0.6 is 15.9 Å². The van der Waals surface area contributed by atoms with Crippen molar-refractivity contribution < 1.29 is 13.3 Å². The van der Waals surface area contributed by atoms with Crippen LogP contribution in [-0.2, 0) is 14.9 Å². The van der Waals surface area contributed by atoms with E-state index >= 15 is 0 Å². The zero-order valence-corrected chi connectivity index (χ0v) is 10.8. The summed E-state index contributed by atoms with van der Waals surface area (Å²) in [6.45, 7) is 0.793. The van der Waals surface area contributed by atoms with Gasteiger partial charge in [0.2, 0.25) is 0 Å². The molecule has 0 atom stereocenters. The Labute approximate surface area is 102 Å². The second-order valence-electron chi connectivity index (χ2n) is 3.40. The molecule has 1 fully saturated rings. The SMILES string of the molecule is Nc1ccc(Br)cc1S(=O)(=O)N1CCCO1. The molecule has 1 aromatic carbocycles. The predicted molar refractivity (Wildman–Crippen MR) is 63.0 cm³/mol. The molecule has 0 bridgehead atoms. The molecule has 1 aliphatic rings. The van der Waals surface area contributed by atoms with Crippen LogP contribution < -0.4 is 5.73 Å². The van der Waals surface area contributed by atoms with Gasteiger partial charge in [-0.05, 0) is 24.6 Å². The predicted octanol–water partition coefficient (Wildman–Crippen LogP) is 1.36. The first-order valence-electron chi connectivity index (χ1n) is 4.72. The summed E-state index contributed by atoms with van der Waals surface area (Å²) in [6, 6.07) is 4.72. The maximum absolute atomic E-state index is 12.1. The molecule has 2 rings (SSSR count). The maximum Gasteiger partial charge on any atom is 0.267 e. The van der Waals surface area contributed by atoms with E-state index in [0.29, 0.717) is 24.0 Å². The van der Waals surface area contributed by atoms with Gasteiger partial charge in [0, 0.05) is 11.0 Å². The first-order valence-corrected chi connectivity index (χ1v) is 6.96. The third-order valence-corrected chi connectivity index (χ3v) is 4.47. The molecule has 16 heavy (non-hydrogen) atoms. The van der Waals surface area contributed by atoms with E-state index in [9.17, 15) is 8.42 Å². The summed E-state index contributed by atoms with van der Waals surface area (Å²) in [4.78, 5) is 5.11. The Balaban J connectivity index is 2.46. The van der Waals surface area contributed by atoms with Crippen LogP contribution in [0.2, 0.25) is 0 Å². The van der Waals surface area contributed by atoms with Crippen molar-refractivity contribution in [2.75, 3.05) is 18.9 Å². The molecule has 0 amide bonds. The number of nitrogen functional groups attached to an aromatic ring is 1. The summed E-state index contributed by atoms with van der Waals surface area (Å²) in [5.74, 6) is 0. The largest absolute Gasteiger partial charge is 0.398 e. The van der Waals surface area contributed by atoms with Crippen molar-refractivity contribution in [1.29, 1.82) is 0 Å². The fourth-order valence-corrected chi connectivity index (χ4v) is 3.41. The van der Waals surface area contributed by atoms with Crippen LogP contribution in [0.15, 0.2) is 27.6 Å². The highest BCUT2D eigenvalue weighted by Gasteiger charge is 2.30. The number of anilines is 1. The molecule has 0 aliphatic carbocycles. The Morgan fingerprint density at radius 3 is 2.81 bits per heavy atom. The minimum Gasteiger partial charge on any atom is -0.398 e. The first-order chi connectivity index (χ1) is 7.51. The minimum absolute atomic E-state index is 0.0729. The van der Waals surface area contributed by atoms with E-state index in [4.69, 9.17) is 10.6 Å². The zero-order chi connectivity index (χ0) is 11.8. The van der Waals surface area contributed by atoms with Gasteiger partial charge in [0.1, 0.15) is 4.90 Å². The Bertz CT molecular complexity index is 497. The molecule has 1 heterocycles. The number of sulfonamides is 1. The number of hydrogen-bond acceptors (Lipinski definition) is 4. The van der Waals surface area contributed by atoms with Gasteiger partial charge in [0.15, 0.2) is 0 Å². The molecule has 2 N–H and O–H groups in total. The lowest BCUT2D eigenvalue weighted by Crippen LogP contribution is -2.27. The molecule has 0 saturated carbocycles. The fourth-order valence-electron chi connectivity index (χ4n) is 1.46. The van der Waals surface area contributed by atoms with E-state index in [1.807, 2.05) is 0 Å². The maximum atomic E-state index is 12.1. The monoisotopic (exact) mass is 306 g/mol. The lowest BCUT2D eigenvalue weighted by molar-refractivity contribution is -0.0284. The smallest absolute Gasteiger partial charge is 0.267 e. The molecular weight excluding hydrogens is 296 g/mol. The van der Waals surface area contributed by atoms with Crippen LogP contribution in [0, 0.1) is 0 Å². The Hall–Kier alpha value is -0.630. The highest BCUT2D eigenvalue weighted by Crippen LogP contribution is 2.27. The van der Waals surface area contributed by atoms with E-state index in [1.54, 1.807) is 12.1 Å². The summed E-state index contributed by atoms with van der Waals surface area (Å²) in [5, 5.41) is 0. The quantitative estimate of drug-likeness (QED) is 0.837. The van der Waals surface area contributed by atoms with Crippen molar-refractivity contribution in [1.82, 2.24) is 4.47 Å². The lowest BCUT2D eigenvalue weighted by Gasteiger charge is -2.15. The normalized spacial score (nSPS) is 17.8. The number of hydrogen-bond donors (Lipinski definition) is 1. The van der Waals surface area contributed by atoms with E-state index in [1.165, 1.54) is 6.07 Å². The molecule has 0 radical (unpaired) electrons. The van der Waals surface area contributed by atoms with E-state index in [-0.39, 0.29) is 10.6 Å². The van der Waals surface area contributed by atoms with Gasteiger partial charge in [-0.25, -0.2) is 8.42 Å². The van der Waals surface area contributed by atoms with Crippen LogP contribution in [0.4, 0.5) is 5.69 Å². The van der Waals surface area contributed by atoms with Gasteiger partial charge in [-0.2, -0.15) is 0 Å². The molecule has 0 aromatic heterocycles. The van der Waals surface area contributed by atoms with E-state index < -0.39 is 10.0 Å². The Kier molecular flexibility index (Phi) is 3.20. The zero-order valence-electron chi connectivity index (χ0n) is 8.39.